The number of nitrogens with one attached hydrogen (secondary N) is 1. The van der Waals surface area contributed by atoms with E-state index in [1.807, 2.05) is 0 Å². The number of aromatic nitrogens is 2. The lowest BCUT2D eigenvalue weighted by Crippen LogP contribution is -2.23. The van der Waals surface area contributed by atoms with Crippen LogP contribution in [-0.4, -0.2) is 28.7 Å². The smallest absolute Gasteiger partial charge is 0.449 e. The van der Waals surface area contributed by atoms with Gasteiger partial charge in [0.15, 0.2) is 11.5 Å². The third-order valence-corrected chi connectivity index (χ3v) is 4.31. The average Bonchev–Trinajstić information content (AvgIpc) is 2.97. The molecule has 4 rings (SSSR count). The van der Waals surface area contributed by atoms with Crippen molar-refractivity contribution in [3.8, 4) is 11.5 Å². The maximum absolute atomic E-state index is 13.5. The molecule has 2 aromatic carbocycles. The van der Waals surface area contributed by atoms with Gasteiger partial charge in [0.1, 0.15) is 19.8 Å². The second-order valence-corrected chi connectivity index (χ2v) is 6.50. The van der Waals surface area contributed by atoms with Crippen molar-refractivity contribution in [1.82, 2.24) is 9.55 Å². The summed E-state index contributed by atoms with van der Waals surface area (Å²) in [4.78, 5) is 16.0. The second kappa shape index (κ2) is 6.90. The molecule has 0 aliphatic carbocycles. The van der Waals surface area contributed by atoms with E-state index in [4.69, 9.17) is 21.1 Å². The molecule has 10 heteroatoms. The van der Waals surface area contributed by atoms with Gasteiger partial charge in [-0.15, -0.1) is 0 Å². The number of carbonyl (C=O) groups is 1. The van der Waals surface area contributed by atoms with Crippen molar-refractivity contribution in [2.24, 2.45) is 0 Å². The van der Waals surface area contributed by atoms with Gasteiger partial charge in [0.2, 0.25) is 11.7 Å². The Kier molecular flexibility index (Phi) is 4.54. The van der Waals surface area contributed by atoms with Gasteiger partial charge in [0, 0.05) is 22.8 Å². The molecule has 28 heavy (non-hydrogen) atoms. The summed E-state index contributed by atoms with van der Waals surface area (Å²) in [6, 6.07) is 9.10. The number of nitrogens with zero attached hydrogens (tertiary/aromatic N) is 2. The van der Waals surface area contributed by atoms with Crippen molar-refractivity contribution < 1.29 is 27.4 Å². The van der Waals surface area contributed by atoms with Crippen LogP contribution in [-0.2, 0) is 17.5 Å². The molecule has 0 bridgehead atoms. The van der Waals surface area contributed by atoms with E-state index in [0.717, 1.165) is 4.57 Å². The summed E-state index contributed by atoms with van der Waals surface area (Å²) in [5.41, 5.74) is 0.564. The summed E-state index contributed by atoms with van der Waals surface area (Å²) in [6.45, 7) is -0.00108. The van der Waals surface area contributed by atoms with Crippen molar-refractivity contribution >= 4 is 34.2 Å². The fraction of sp³-hybridized carbons (Fsp3) is 0.222. The largest absolute Gasteiger partial charge is 0.486 e. The number of ether oxygens (including phenoxy) is 2. The number of rotatable bonds is 3. The van der Waals surface area contributed by atoms with Crippen LogP contribution < -0.4 is 14.8 Å². The molecular formula is C18H13ClF3N3O3. The molecule has 1 N–H and O–H groups in total. The number of carbonyl (C=O) groups excluding carboxylic acids is 1. The Labute approximate surface area is 161 Å². The van der Waals surface area contributed by atoms with E-state index < -0.39 is 24.5 Å². The Balaban J connectivity index is 1.72. The normalized spacial score (nSPS) is 13.6. The van der Waals surface area contributed by atoms with E-state index in [9.17, 15) is 18.0 Å². The molecule has 1 aromatic heterocycles. The molecule has 0 atom stereocenters. The SMILES string of the molecule is O=C(Cn1c(C(F)(F)F)nc2cc3c(cc21)OCCO3)Nc1cccc(Cl)c1. The Bertz CT molecular complexity index is 1070. The standard InChI is InChI=1S/C18H13ClF3N3O3/c19-10-2-1-3-11(6-10)23-16(26)9-25-13-8-15-14(27-4-5-28-15)7-12(13)24-17(25)18(20,21)22/h1-3,6-8H,4-5,9H2,(H,23,26). The van der Waals surface area contributed by atoms with E-state index in [-0.39, 0.29) is 17.6 Å². The first-order valence-corrected chi connectivity index (χ1v) is 8.61. The van der Waals surface area contributed by atoms with Gasteiger partial charge in [-0.2, -0.15) is 13.2 Å². The minimum Gasteiger partial charge on any atom is -0.486 e. The van der Waals surface area contributed by atoms with Gasteiger partial charge >= 0.3 is 6.18 Å². The molecule has 2 heterocycles. The monoisotopic (exact) mass is 411 g/mol. The molecule has 0 saturated heterocycles. The molecular weight excluding hydrogens is 399 g/mol. The summed E-state index contributed by atoms with van der Waals surface area (Å²) in [5, 5.41) is 2.93. The number of halogens is 4. The number of alkyl halides is 3. The van der Waals surface area contributed by atoms with Crippen LogP contribution in [0.1, 0.15) is 5.82 Å². The zero-order valence-electron chi connectivity index (χ0n) is 14.2. The van der Waals surface area contributed by atoms with Gasteiger partial charge in [0.25, 0.3) is 0 Å². The molecule has 0 radical (unpaired) electrons. The molecule has 1 amide bonds. The van der Waals surface area contributed by atoms with Gasteiger partial charge < -0.3 is 19.4 Å². The average molecular weight is 412 g/mol. The number of benzene rings is 2. The highest BCUT2D eigenvalue weighted by Crippen LogP contribution is 2.38. The Morgan fingerprint density at radius 2 is 1.89 bits per heavy atom. The van der Waals surface area contributed by atoms with Gasteiger partial charge in [-0.3, -0.25) is 4.79 Å². The van der Waals surface area contributed by atoms with Gasteiger partial charge in [-0.25, -0.2) is 4.98 Å². The number of fused-ring (bicyclic) bond motifs is 2. The van der Waals surface area contributed by atoms with Crippen LogP contribution in [0, 0.1) is 0 Å². The van der Waals surface area contributed by atoms with Crippen LogP contribution in [0.5, 0.6) is 11.5 Å². The highest BCUT2D eigenvalue weighted by atomic mass is 35.5. The quantitative estimate of drug-likeness (QED) is 0.704. The summed E-state index contributed by atoms with van der Waals surface area (Å²) < 4.78 is 52.1. The van der Waals surface area contributed by atoms with Crippen LogP contribution in [0.2, 0.25) is 5.02 Å². The van der Waals surface area contributed by atoms with E-state index in [1.165, 1.54) is 18.2 Å². The summed E-state index contributed by atoms with van der Waals surface area (Å²) >= 11 is 5.86. The second-order valence-electron chi connectivity index (χ2n) is 6.06. The zero-order chi connectivity index (χ0) is 19.9. The predicted molar refractivity (Wildman–Crippen MR) is 95.8 cm³/mol. The van der Waals surface area contributed by atoms with E-state index in [1.54, 1.807) is 18.2 Å². The number of imidazole rings is 1. The number of amides is 1. The Morgan fingerprint density at radius 3 is 2.57 bits per heavy atom. The molecule has 0 fully saturated rings. The van der Waals surface area contributed by atoms with Crippen LogP contribution in [0.4, 0.5) is 18.9 Å². The molecule has 6 nitrogen and oxygen atoms in total. The minimum absolute atomic E-state index is 0.0622. The maximum atomic E-state index is 13.5. The van der Waals surface area contributed by atoms with Gasteiger partial charge in [-0.1, -0.05) is 17.7 Å². The number of hydrogen-bond acceptors (Lipinski definition) is 4. The highest BCUT2D eigenvalue weighted by molar-refractivity contribution is 6.30. The first-order valence-electron chi connectivity index (χ1n) is 8.24. The zero-order valence-corrected chi connectivity index (χ0v) is 15.0. The number of hydrogen-bond donors (Lipinski definition) is 1. The molecule has 0 spiro atoms. The van der Waals surface area contributed by atoms with Crippen LogP contribution >= 0.6 is 11.6 Å². The van der Waals surface area contributed by atoms with E-state index in [0.29, 0.717) is 28.8 Å². The van der Waals surface area contributed by atoms with Gasteiger partial charge in [-0.05, 0) is 18.2 Å². The minimum atomic E-state index is -4.74. The summed E-state index contributed by atoms with van der Waals surface area (Å²) in [6.07, 6.45) is -4.74. The molecule has 3 aromatic rings. The highest BCUT2D eigenvalue weighted by Gasteiger charge is 2.38. The molecule has 1 aliphatic heterocycles. The van der Waals surface area contributed by atoms with Crippen molar-refractivity contribution in [3.05, 3.63) is 47.2 Å². The molecule has 1 aliphatic rings. The summed E-state index contributed by atoms with van der Waals surface area (Å²) in [5.74, 6) is -1.20. The van der Waals surface area contributed by atoms with Crippen molar-refractivity contribution in [3.63, 3.8) is 0 Å². The Morgan fingerprint density at radius 1 is 1.18 bits per heavy atom. The van der Waals surface area contributed by atoms with E-state index >= 15 is 0 Å². The molecule has 0 saturated carbocycles. The predicted octanol–water partition coefficient (Wildman–Crippen LogP) is 4.12. The lowest BCUT2D eigenvalue weighted by Gasteiger charge is -2.18. The van der Waals surface area contributed by atoms with E-state index in [2.05, 4.69) is 10.3 Å². The Hall–Kier alpha value is -2.94. The fourth-order valence-electron chi connectivity index (χ4n) is 2.95. The van der Waals surface area contributed by atoms with Crippen molar-refractivity contribution in [1.29, 1.82) is 0 Å². The topological polar surface area (TPSA) is 65.4 Å². The first kappa shape index (κ1) is 18.4. The molecule has 146 valence electrons. The van der Waals surface area contributed by atoms with Crippen molar-refractivity contribution in [2.45, 2.75) is 12.7 Å². The lowest BCUT2D eigenvalue weighted by molar-refractivity contribution is -0.147. The number of anilines is 1. The van der Waals surface area contributed by atoms with Crippen LogP contribution in [0.15, 0.2) is 36.4 Å². The molecule has 0 unspecified atom stereocenters. The first-order chi connectivity index (χ1) is 13.3. The van der Waals surface area contributed by atoms with Crippen LogP contribution in [0.3, 0.4) is 0 Å². The maximum Gasteiger partial charge on any atom is 0.449 e. The van der Waals surface area contributed by atoms with Crippen molar-refractivity contribution in [2.75, 3.05) is 18.5 Å². The summed E-state index contributed by atoms with van der Waals surface area (Å²) in [7, 11) is 0. The van der Waals surface area contributed by atoms with Gasteiger partial charge in [0.05, 0.1) is 11.0 Å². The fourth-order valence-corrected chi connectivity index (χ4v) is 3.14. The van der Waals surface area contributed by atoms with Crippen LogP contribution in [0.25, 0.3) is 11.0 Å². The third-order valence-electron chi connectivity index (χ3n) is 4.08. The third kappa shape index (κ3) is 3.57. The lowest BCUT2D eigenvalue weighted by atomic mass is 10.2.